The van der Waals surface area contributed by atoms with Crippen LogP contribution in [0.25, 0.3) is 38.7 Å². The molecule has 7 rings (SSSR count). The van der Waals surface area contributed by atoms with E-state index in [4.69, 9.17) is 23.2 Å². The highest BCUT2D eigenvalue weighted by atomic mass is 17.0. The van der Waals surface area contributed by atoms with E-state index >= 15 is 0 Å². The summed E-state index contributed by atoms with van der Waals surface area (Å²) in [6.45, 7) is 11.8. The quantitative estimate of drug-likeness (QED) is 0.0555. The molecule has 5 aromatic rings. The molecule has 3 heterocycles. The van der Waals surface area contributed by atoms with Crippen molar-refractivity contribution in [2.45, 2.75) is 59.7 Å². The van der Waals surface area contributed by atoms with Gasteiger partial charge in [-0.05, 0) is 54.0 Å². The van der Waals surface area contributed by atoms with Gasteiger partial charge in [-0.2, -0.15) is 0 Å². The smallest absolute Gasteiger partial charge is 0.499 e. The van der Waals surface area contributed by atoms with Crippen molar-refractivity contribution in [1.82, 2.24) is 4.57 Å². The number of hydrogen-bond donors (Lipinski definition) is 8. The van der Waals surface area contributed by atoms with Crippen molar-refractivity contribution in [2.24, 2.45) is 0 Å². The van der Waals surface area contributed by atoms with Gasteiger partial charge >= 0.3 is 7.12 Å². The molecule has 1 fully saturated rings. The third kappa shape index (κ3) is 3.59. The van der Waals surface area contributed by atoms with Crippen LogP contribution in [0.5, 0.6) is 57.5 Å². The number of phenols is 8. The molecule has 0 amide bonds. The van der Waals surface area contributed by atoms with Crippen LogP contribution in [0.3, 0.4) is 0 Å². The molecule has 0 atom stereocenters. The summed E-state index contributed by atoms with van der Waals surface area (Å²) in [6, 6.07) is 0. The van der Waals surface area contributed by atoms with Crippen LogP contribution in [-0.4, -0.2) is 71.6 Å². The van der Waals surface area contributed by atoms with Crippen LogP contribution in [0, 0.1) is 20.8 Å². The number of aromatic nitrogens is 1. The van der Waals surface area contributed by atoms with Crippen LogP contribution < -0.4 is 15.7 Å². The SMILES string of the molecule is Bc1c(O)c(O)c2c3c1ooc1c4c(O)c(C)c(B5OC(C)(C)C(C)(C)O5)c(O)c4c(O)c(O)c1n3-c1c(O)c(O)c(C)c(C)c1O2. The van der Waals surface area contributed by atoms with Crippen molar-refractivity contribution in [2.75, 3.05) is 0 Å². The molecule has 1 saturated heterocycles. The Hall–Kier alpha value is -5.21. The molecule has 4 aromatic carbocycles. The standard InChI is InChI=1S/C31H31B2NO13/c1-8-9(2)26-15(23(40)19(8)36)34-16-24(41)21(38)11-12(27(16)44-45-28-13(32)22(39)25(42)29(43-26)17(28)34)18(35)10(3)14(20(11)37)33-46-30(4,5)31(6,7)47-33/h35-42H,32H2,1-7H3. The molecule has 0 spiro atoms. The fraction of sp³-hybridized carbons (Fsp3) is 0.290. The topological polar surface area (TPSA) is 221 Å². The van der Waals surface area contributed by atoms with E-state index in [2.05, 4.69) is 0 Å². The first-order valence-electron chi connectivity index (χ1n) is 14.6. The fourth-order valence-electron chi connectivity index (χ4n) is 6.27. The number of benzene rings is 4. The summed E-state index contributed by atoms with van der Waals surface area (Å²) in [6.07, 6.45) is 0. The summed E-state index contributed by atoms with van der Waals surface area (Å²) in [4.78, 5) is 0. The van der Waals surface area contributed by atoms with Gasteiger partial charge in [-0.25, -0.2) is 0 Å². The van der Waals surface area contributed by atoms with E-state index in [1.807, 2.05) is 0 Å². The third-order valence-electron chi connectivity index (χ3n) is 9.93. The largest absolute Gasteiger partial charge is 0.508 e. The van der Waals surface area contributed by atoms with E-state index in [1.54, 1.807) is 34.6 Å². The van der Waals surface area contributed by atoms with Crippen LogP contribution in [-0.2, 0) is 9.31 Å². The lowest BCUT2D eigenvalue weighted by molar-refractivity contribution is 0.00578. The maximum absolute atomic E-state index is 11.7. The van der Waals surface area contributed by atoms with Crippen molar-refractivity contribution in [1.29, 1.82) is 0 Å². The number of hydrogen-bond acceptors (Lipinski definition) is 13. The Morgan fingerprint density at radius 1 is 0.574 bits per heavy atom. The Kier molecular flexibility index (Phi) is 5.96. The zero-order valence-electron chi connectivity index (χ0n) is 26.6. The summed E-state index contributed by atoms with van der Waals surface area (Å²) in [5.74, 6) is -6.04. The second-order valence-electron chi connectivity index (χ2n) is 13.0. The monoisotopic (exact) mass is 647 g/mol. The third-order valence-corrected chi connectivity index (χ3v) is 9.93. The van der Waals surface area contributed by atoms with Gasteiger partial charge in [0.2, 0.25) is 22.7 Å². The predicted octanol–water partition coefficient (Wildman–Crippen LogP) is 3.48. The molecular formula is C31H31B2NO13. The highest BCUT2D eigenvalue weighted by molar-refractivity contribution is 6.64. The molecule has 244 valence electrons. The Morgan fingerprint density at radius 3 is 1.79 bits per heavy atom. The maximum atomic E-state index is 11.7. The normalized spacial score (nSPS) is 16.2. The lowest BCUT2D eigenvalue weighted by Gasteiger charge is -2.32. The predicted molar refractivity (Wildman–Crippen MR) is 172 cm³/mol. The number of rotatable bonds is 1. The summed E-state index contributed by atoms with van der Waals surface area (Å²) in [5, 5.41) is 90.1. The summed E-state index contributed by atoms with van der Waals surface area (Å²) in [5.41, 5.74) is -2.75. The molecule has 8 N–H and O–H groups in total. The van der Waals surface area contributed by atoms with E-state index in [0.29, 0.717) is 5.56 Å². The second kappa shape index (κ2) is 9.20. The van der Waals surface area contributed by atoms with E-state index in [-0.39, 0.29) is 55.7 Å². The van der Waals surface area contributed by atoms with Crippen molar-refractivity contribution in [3.05, 3.63) is 16.7 Å². The molecule has 0 saturated carbocycles. The van der Waals surface area contributed by atoms with Gasteiger partial charge in [0.1, 0.15) is 36.1 Å². The van der Waals surface area contributed by atoms with Gasteiger partial charge in [-0.3, -0.25) is 13.7 Å². The lowest BCUT2D eigenvalue weighted by atomic mass is 9.73. The van der Waals surface area contributed by atoms with Crippen LogP contribution >= 0.6 is 0 Å². The van der Waals surface area contributed by atoms with Crippen LogP contribution in [0.2, 0.25) is 0 Å². The molecule has 0 radical (unpaired) electrons. The van der Waals surface area contributed by atoms with Crippen molar-refractivity contribution in [3.8, 4) is 63.2 Å². The summed E-state index contributed by atoms with van der Waals surface area (Å²) in [7, 11) is 0.195. The van der Waals surface area contributed by atoms with Crippen LogP contribution in [0.15, 0.2) is 9.15 Å². The van der Waals surface area contributed by atoms with Crippen LogP contribution in [0.4, 0.5) is 0 Å². The second-order valence-corrected chi connectivity index (χ2v) is 13.0. The maximum Gasteiger partial charge on any atom is 0.499 e. The Morgan fingerprint density at radius 2 is 1.17 bits per heavy atom. The molecule has 1 aromatic heterocycles. The Labute approximate surface area is 267 Å². The fourth-order valence-corrected chi connectivity index (χ4v) is 6.27. The average molecular weight is 647 g/mol. The summed E-state index contributed by atoms with van der Waals surface area (Å²) >= 11 is 0. The van der Waals surface area contributed by atoms with Gasteiger partial charge in [-0.1, -0.05) is 0 Å². The number of fused-ring (bicyclic) bond motifs is 6. The van der Waals surface area contributed by atoms with Crippen molar-refractivity contribution < 1.29 is 64.1 Å². The van der Waals surface area contributed by atoms with Crippen LogP contribution in [0.1, 0.15) is 44.4 Å². The molecule has 16 heteroatoms. The molecule has 0 unspecified atom stereocenters. The molecule has 14 nitrogen and oxygen atoms in total. The summed E-state index contributed by atoms with van der Waals surface area (Å²) < 4.78 is 30.8. The average Bonchev–Trinajstić information content (AvgIpc) is 3.12. The highest BCUT2D eigenvalue weighted by Gasteiger charge is 2.53. The van der Waals surface area contributed by atoms with Gasteiger partial charge in [0.25, 0.3) is 0 Å². The first-order valence-corrected chi connectivity index (χ1v) is 14.6. The van der Waals surface area contributed by atoms with Gasteiger partial charge in [0, 0.05) is 22.1 Å². The molecular weight excluding hydrogens is 616 g/mol. The first-order chi connectivity index (χ1) is 21.8. The van der Waals surface area contributed by atoms with Gasteiger partial charge < -0.3 is 54.9 Å². The molecule has 2 aliphatic rings. The van der Waals surface area contributed by atoms with Gasteiger partial charge in [0.05, 0.1) is 22.0 Å². The van der Waals surface area contributed by atoms with E-state index in [0.717, 1.165) is 4.57 Å². The minimum Gasteiger partial charge on any atom is -0.508 e. The first kappa shape index (κ1) is 30.4. The van der Waals surface area contributed by atoms with E-state index in [1.165, 1.54) is 21.7 Å². The number of phenolic OH excluding ortho intramolecular Hbond substituents is 8. The van der Waals surface area contributed by atoms with Gasteiger partial charge in [0.15, 0.2) is 34.5 Å². The van der Waals surface area contributed by atoms with Crippen molar-refractivity contribution >= 4 is 58.9 Å². The van der Waals surface area contributed by atoms with Crippen molar-refractivity contribution in [3.63, 3.8) is 0 Å². The molecule has 0 bridgehead atoms. The number of aromatic hydroxyl groups is 8. The number of nitrogens with zero attached hydrogens (tertiary/aromatic N) is 1. The van der Waals surface area contributed by atoms with E-state index in [9.17, 15) is 40.9 Å². The molecule has 0 aliphatic carbocycles. The molecule has 47 heavy (non-hydrogen) atoms. The minimum absolute atomic E-state index is 0.0144. The van der Waals surface area contributed by atoms with E-state index < -0.39 is 80.8 Å². The van der Waals surface area contributed by atoms with Gasteiger partial charge in [-0.15, -0.1) is 0 Å². The Bertz CT molecular complexity index is 2310. The highest BCUT2D eigenvalue weighted by Crippen LogP contribution is 2.57. The zero-order valence-corrected chi connectivity index (χ0v) is 26.6. The zero-order chi connectivity index (χ0) is 34.4. The Balaban J connectivity index is 1.74. The lowest BCUT2D eigenvalue weighted by Crippen LogP contribution is -2.41. The number of ether oxygens (including phenoxy) is 1. The molecule has 2 aliphatic heterocycles. The minimum atomic E-state index is -1.19.